The molecule has 0 spiro atoms. The first-order chi connectivity index (χ1) is 10.3. The molecule has 0 unspecified atom stereocenters. The summed E-state index contributed by atoms with van der Waals surface area (Å²) in [6, 6.07) is 2.39. The molecule has 0 fully saturated rings. The van der Waals surface area contributed by atoms with Gasteiger partial charge in [0.1, 0.15) is 0 Å². The van der Waals surface area contributed by atoms with E-state index in [0.717, 1.165) is 10.7 Å². The molecule has 0 saturated carbocycles. The first-order valence-corrected chi connectivity index (χ1v) is 11.6. The number of hydrogen-bond acceptors (Lipinski definition) is 1. The van der Waals surface area contributed by atoms with Crippen molar-refractivity contribution < 1.29 is 0 Å². The average molecular weight is 438 g/mol. The monoisotopic (exact) mass is 436 g/mol. The lowest BCUT2D eigenvalue weighted by Gasteiger charge is -2.01. The zero-order valence-corrected chi connectivity index (χ0v) is 17.4. The lowest BCUT2D eigenvalue weighted by atomic mass is 10.1. The topological polar surface area (TPSA) is 0 Å². The molecule has 1 aromatic heterocycles. The Balaban J connectivity index is 2.00. The van der Waals surface area contributed by atoms with E-state index in [1.165, 1.54) is 81.1 Å². The summed E-state index contributed by atoms with van der Waals surface area (Å²) in [6.45, 7) is 2.29. The predicted octanol–water partition coefficient (Wildman–Crippen LogP) is 8.00. The van der Waals surface area contributed by atoms with Crippen LogP contribution in [0.1, 0.15) is 86.4 Å². The summed E-state index contributed by atoms with van der Waals surface area (Å²) >= 11 is 9.15. The SMILES string of the molecule is CCCCCCCCCCCCc1cc(CBr)c(CBr)s1. The summed E-state index contributed by atoms with van der Waals surface area (Å²) in [5.41, 5.74) is 1.47. The van der Waals surface area contributed by atoms with E-state index in [-0.39, 0.29) is 0 Å². The molecule has 0 bridgehead atoms. The predicted molar refractivity (Wildman–Crippen MR) is 105 cm³/mol. The molecular formula is C18H30Br2S. The van der Waals surface area contributed by atoms with Crippen molar-refractivity contribution in [2.75, 3.05) is 0 Å². The zero-order chi connectivity index (χ0) is 15.3. The number of thiophene rings is 1. The Hall–Kier alpha value is 0.660. The van der Waals surface area contributed by atoms with E-state index in [0.29, 0.717) is 0 Å². The van der Waals surface area contributed by atoms with Gasteiger partial charge in [0, 0.05) is 20.4 Å². The Labute approximate surface area is 152 Å². The quantitative estimate of drug-likeness (QED) is 0.216. The highest BCUT2D eigenvalue weighted by Crippen LogP contribution is 2.28. The van der Waals surface area contributed by atoms with E-state index >= 15 is 0 Å². The van der Waals surface area contributed by atoms with Crippen molar-refractivity contribution in [3.63, 3.8) is 0 Å². The lowest BCUT2D eigenvalue weighted by Crippen LogP contribution is -1.84. The Morgan fingerprint density at radius 1 is 0.810 bits per heavy atom. The molecule has 0 N–H and O–H groups in total. The minimum atomic E-state index is 0.989. The highest BCUT2D eigenvalue weighted by Gasteiger charge is 2.06. The van der Waals surface area contributed by atoms with Crippen LogP contribution in [0.5, 0.6) is 0 Å². The van der Waals surface area contributed by atoms with Crippen LogP contribution in [0.4, 0.5) is 0 Å². The van der Waals surface area contributed by atoms with Gasteiger partial charge in [-0.1, -0.05) is 96.6 Å². The summed E-state index contributed by atoms with van der Waals surface area (Å²) < 4.78 is 0. The Morgan fingerprint density at radius 2 is 1.38 bits per heavy atom. The molecule has 1 aromatic rings. The minimum absolute atomic E-state index is 0.989. The molecule has 21 heavy (non-hydrogen) atoms. The maximum absolute atomic E-state index is 3.58. The van der Waals surface area contributed by atoms with E-state index in [9.17, 15) is 0 Å². The van der Waals surface area contributed by atoms with Gasteiger partial charge in [-0.2, -0.15) is 0 Å². The maximum Gasteiger partial charge on any atom is 0.0380 e. The summed E-state index contributed by atoms with van der Waals surface area (Å²) in [5.74, 6) is 0. The van der Waals surface area contributed by atoms with Gasteiger partial charge in [-0.3, -0.25) is 0 Å². The van der Waals surface area contributed by atoms with E-state index in [1.807, 2.05) is 11.3 Å². The second-order valence-corrected chi connectivity index (χ2v) is 8.20. The summed E-state index contributed by atoms with van der Waals surface area (Å²) in [5, 5.41) is 1.99. The molecule has 0 atom stereocenters. The number of halogens is 2. The molecule has 0 saturated heterocycles. The maximum atomic E-state index is 3.58. The molecule has 0 aromatic carbocycles. The van der Waals surface area contributed by atoms with Gasteiger partial charge < -0.3 is 0 Å². The number of unbranched alkanes of at least 4 members (excludes halogenated alkanes) is 9. The molecule has 0 aliphatic rings. The average Bonchev–Trinajstić information content (AvgIpc) is 2.91. The molecular weight excluding hydrogens is 408 g/mol. The molecule has 1 heterocycles. The summed E-state index contributed by atoms with van der Waals surface area (Å²) in [4.78, 5) is 3.06. The Morgan fingerprint density at radius 3 is 1.86 bits per heavy atom. The molecule has 3 heteroatoms. The van der Waals surface area contributed by atoms with Crippen LogP contribution in [0, 0.1) is 0 Å². The number of rotatable bonds is 13. The van der Waals surface area contributed by atoms with Gasteiger partial charge in [0.25, 0.3) is 0 Å². The lowest BCUT2D eigenvalue weighted by molar-refractivity contribution is 0.557. The molecule has 0 radical (unpaired) electrons. The van der Waals surface area contributed by atoms with Crippen LogP contribution in [-0.4, -0.2) is 0 Å². The smallest absolute Gasteiger partial charge is 0.0380 e. The summed E-state index contributed by atoms with van der Waals surface area (Å²) in [7, 11) is 0. The van der Waals surface area contributed by atoms with Crippen molar-refractivity contribution in [1.29, 1.82) is 0 Å². The molecule has 0 aliphatic heterocycles. The normalized spacial score (nSPS) is 11.2. The fourth-order valence-electron chi connectivity index (χ4n) is 2.66. The van der Waals surface area contributed by atoms with E-state index in [4.69, 9.17) is 0 Å². The highest BCUT2D eigenvalue weighted by atomic mass is 79.9. The van der Waals surface area contributed by atoms with Crippen LogP contribution in [-0.2, 0) is 17.1 Å². The second-order valence-electron chi connectivity index (χ2n) is 5.86. The van der Waals surface area contributed by atoms with Crippen LogP contribution in [0.2, 0.25) is 0 Å². The van der Waals surface area contributed by atoms with Gasteiger partial charge >= 0.3 is 0 Å². The third-order valence-corrected chi connectivity index (χ3v) is 6.76. The van der Waals surface area contributed by atoms with Gasteiger partial charge in [0.05, 0.1) is 0 Å². The fraction of sp³-hybridized carbons (Fsp3) is 0.778. The Kier molecular flexibility index (Phi) is 12.3. The van der Waals surface area contributed by atoms with Crippen LogP contribution in [0.15, 0.2) is 6.07 Å². The van der Waals surface area contributed by atoms with Gasteiger partial charge in [-0.15, -0.1) is 11.3 Å². The van der Waals surface area contributed by atoms with Crippen molar-refractivity contribution in [3.8, 4) is 0 Å². The van der Waals surface area contributed by atoms with Crippen molar-refractivity contribution in [1.82, 2.24) is 0 Å². The van der Waals surface area contributed by atoms with E-state index in [2.05, 4.69) is 44.8 Å². The standard InChI is InChI=1S/C18H30Br2S/c1-2-3-4-5-6-7-8-9-10-11-12-17-13-16(14-19)18(15-20)21-17/h13H,2-12,14-15H2,1H3. The number of hydrogen-bond donors (Lipinski definition) is 0. The largest absolute Gasteiger partial charge is 0.144 e. The van der Waals surface area contributed by atoms with Crippen molar-refractivity contribution in [2.24, 2.45) is 0 Å². The molecule has 122 valence electrons. The van der Waals surface area contributed by atoms with Crippen molar-refractivity contribution in [2.45, 2.75) is 88.2 Å². The Bertz CT molecular complexity index is 339. The van der Waals surface area contributed by atoms with Gasteiger partial charge in [0.2, 0.25) is 0 Å². The molecule has 1 rings (SSSR count). The number of alkyl halides is 2. The molecule has 0 aliphatic carbocycles. The van der Waals surface area contributed by atoms with E-state index < -0.39 is 0 Å². The fourth-order valence-corrected chi connectivity index (χ4v) is 5.13. The van der Waals surface area contributed by atoms with Gasteiger partial charge in [-0.05, 0) is 24.5 Å². The van der Waals surface area contributed by atoms with Gasteiger partial charge in [-0.25, -0.2) is 0 Å². The first-order valence-electron chi connectivity index (χ1n) is 8.54. The third kappa shape index (κ3) is 8.76. The van der Waals surface area contributed by atoms with Crippen molar-refractivity contribution in [3.05, 3.63) is 21.4 Å². The van der Waals surface area contributed by atoms with Crippen LogP contribution >= 0.6 is 43.2 Å². The van der Waals surface area contributed by atoms with Crippen LogP contribution < -0.4 is 0 Å². The molecule has 0 amide bonds. The third-order valence-electron chi connectivity index (χ3n) is 3.99. The first kappa shape index (κ1) is 19.7. The second kappa shape index (κ2) is 13.1. The number of aryl methyl sites for hydroxylation is 1. The highest BCUT2D eigenvalue weighted by molar-refractivity contribution is 9.09. The molecule has 0 nitrogen and oxygen atoms in total. The summed E-state index contributed by atoms with van der Waals surface area (Å²) in [6.07, 6.45) is 15.5. The zero-order valence-electron chi connectivity index (χ0n) is 13.4. The van der Waals surface area contributed by atoms with Crippen molar-refractivity contribution >= 4 is 43.2 Å². The van der Waals surface area contributed by atoms with Crippen LogP contribution in [0.3, 0.4) is 0 Å². The van der Waals surface area contributed by atoms with Crippen LogP contribution in [0.25, 0.3) is 0 Å². The van der Waals surface area contributed by atoms with Gasteiger partial charge in [0.15, 0.2) is 0 Å². The minimum Gasteiger partial charge on any atom is -0.144 e. The van der Waals surface area contributed by atoms with E-state index in [1.54, 1.807) is 4.88 Å².